The van der Waals surface area contributed by atoms with Gasteiger partial charge < -0.3 is 24.6 Å². The summed E-state index contributed by atoms with van der Waals surface area (Å²) in [4.78, 5) is 12.9. The Morgan fingerprint density at radius 1 is 1.19 bits per heavy atom. The summed E-state index contributed by atoms with van der Waals surface area (Å²) in [5, 5.41) is 23.7. The number of aliphatic hydroxyl groups excluding tert-OH is 1. The molecule has 1 aliphatic rings. The number of sulfonamides is 1. The van der Waals surface area contributed by atoms with E-state index in [1.807, 2.05) is 44.2 Å². The molecule has 1 saturated heterocycles. The second-order valence-electron chi connectivity index (χ2n) is 10.7. The lowest BCUT2D eigenvalue weighted by Crippen LogP contribution is -2.52. The van der Waals surface area contributed by atoms with E-state index in [2.05, 4.69) is 11.4 Å². The maximum Gasteiger partial charge on any atom is 0.407 e. The van der Waals surface area contributed by atoms with Crippen molar-refractivity contribution in [3.63, 3.8) is 0 Å². The Morgan fingerprint density at radius 3 is 2.45 bits per heavy atom. The molecular formula is C31H43N3O7S. The summed E-state index contributed by atoms with van der Waals surface area (Å²) in [6.45, 7) is 4.62. The van der Waals surface area contributed by atoms with Crippen molar-refractivity contribution in [3.8, 4) is 11.8 Å². The summed E-state index contributed by atoms with van der Waals surface area (Å²) in [6.07, 6.45) is 0.615. The molecule has 2 aromatic carbocycles. The maximum atomic E-state index is 14.1. The van der Waals surface area contributed by atoms with Crippen LogP contribution in [0.3, 0.4) is 0 Å². The predicted molar refractivity (Wildman–Crippen MR) is 158 cm³/mol. The highest BCUT2D eigenvalue weighted by Gasteiger charge is 2.37. The van der Waals surface area contributed by atoms with Crippen molar-refractivity contribution < 1.29 is 32.5 Å². The zero-order chi connectivity index (χ0) is 30.6. The number of nitrogens with zero attached hydrogens (tertiary/aromatic N) is 2. The molecule has 10 nitrogen and oxygen atoms in total. The molecule has 0 aromatic heterocycles. The molecule has 0 bridgehead atoms. The van der Waals surface area contributed by atoms with Crippen molar-refractivity contribution in [1.29, 1.82) is 5.26 Å². The van der Waals surface area contributed by atoms with E-state index in [0.717, 1.165) is 5.56 Å². The molecule has 42 heavy (non-hydrogen) atoms. The van der Waals surface area contributed by atoms with Crippen LogP contribution in [0.15, 0.2) is 59.5 Å². The van der Waals surface area contributed by atoms with Gasteiger partial charge in [-0.2, -0.15) is 9.57 Å². The molecule has 1 aliphatic heterocycles. The standard InChI is InChI=1S/C31H43N3O7S/c1-4-31(5-2,17-9-18-32)23-34(42(37,38)27-14-12-25(39-3)13-15-27)21-29(35)28(20-24-10-7-6-8-11-24)33-30(36)41-26-16-19-40-22-26/h6-8,10-15,26,28-29,35H,4-5,9,16-17,19-23H2,1-3H3,(H,33,36)/t26?,28-,29+/m0/s1. The molecule has 1 unspecified atom stereocenters. The van der Waals surface area contributed by atoms with Gasteiger partial charge in [0.05, 0.1) is 43.4 Å². The first-order valence-corrected chi connectivity index (χ1v) is 15.9. The van der Waals surface area contributed by atoms with E-state index in [4.69, 9.17) is 14.2 Å². The Labute approximate surface area is 249 Å². The van der Waals surface area contributed by atoms with Crippen molar-refractivity contribution in [2.24, 2.45) is 5.41 Å². The topological polar surface area (TPSA) is 138 Å². The smallest absolute Gasteiger partial charge is 0.407 e. The number of carbonyl (C=O) groups excluding carboxylic acids is 1. The molecule has 0 aliphatic carbocycles. The number of carbonyl (C=O) groups is 1. The highest BCUT2D eigenvalue weighted by molar-refractivity contribution is 7.89. The number of alkyl carbamates (subject to hydrolysis) is 1. The monoisotopic (exact) mass is 601 g/mol. The Hall–Kier alpha value is -3.17. The van der Waals surface area contributed by atoms with Crippen molar-refractivity contribution in [3.05, 3.63) is 60.2 Å². The van der Waals surface area contributed by atoms with Gasteiger partial charge in [0.1, 0.15) is 11.9 Å². The molecule has 0 spiro atoms. The third-order valence-electron chi connectivity index (χ3n) is 8.09. The third kappa shape index (κ3) is 9.16. The van der Waals surface area contributed by atoms with E-state index in [-0.39, 0.29) is 36.9 Å². The predicted octanol–water partition coefficient (Wildman–Crippen LogP) is 4.28. The summed E-state index contributed by atoms with van der Waals surface area (Å²) in [6, 6.07) is 16.8. The van der Waals surface area contributed by atoms with Crippen LogP contribution >= 0.6 is 0 Å². The van der Waals surface area contributed by atoms with Crippen molar-refractivity contribution in [1.82, 2.24) is 9.62 Å². The second kappa shape index (κ2) is 15.9. The lowest BCUT2D eigenvalue weighted by Gasteiger charge is -2.38. The number of rotatable bonds is 16. The van der Waals surface area contributed by atoms with E-state index in [0.29, 0.717) is 44.6 Å². The second-order valence-corrected chi connectivity index (χ2v) is 12.7. The normalized spacial score (nSPS) is 16.9. The third-order valence-corrected chi connectivity index (χ3v) is 9.92. The highest BCUT2D eigenvalue weighted by atomic mass is 32.2. The fourth-order valence-corrected chi connectivity index (χ4v) is 6.75. The van der Waals surface area contributed by atoms with Gasteiger partial charge in [-0.1, -0.05) is 44.2 Å². The summed E-state index contributed by atoms with van der Waals surface area (Å²) in [5.41, 5.74) is 0.389. The number of methoxy groups -OCH3 is 1. The fourth-order valence-electron chi connectivity index (χ4n) is 5.18. The molecule has 1 fully saturated rings. The summed E-state index contributed by atoms with van der Waals surface area (Å²) >= 11 is 0. The molecule has 1 amide bonds. The zero-order valence-electron chi connectivity index (χ0n) is 24.7. The average Bonchev–Trinajstić information content (AvgIpc) is 3.51. The molecule has 2 aromatic rings. The van der Waals surface area contributed by atoms with Gasteiger partial charge in [-0.05, 0) is 60.9 Å². The average molecular weight is 602 g/mol. The van der Waals surface area contributed by atoms with Gasteiger partial charge in [0.15, 0.2) is 0 Å². The minimum absolute atomic E-state index is 0.0603. The molecule has 3 rings (SSSR count). The molecule has 11 heteroatoms. The van der Waals surface area contributed by atoms with Crippen LogP contribution in [0.25, 0.3) is 0 Å². The SMILES string of the molecule is CCC(CC)(CCC#N)CN(C[C@@H](O)[C@H](Cc1ccccc1)NC(=O)OC1CCOC1)S(=O)(=O)c1ccc(OC)cc1. The van der Waals surface area contributed by atoms with Crippen LogP contribution in [0, 0.1) is 16.7 Å². The lowest BCUT2D eigenvalue weighted by molar-refractivity contribution is 0.0606. The first kappa shape index (κ1) is 33.3. The van der Waals surface area contributed by atoms with Gasteiger partial charge in [0.25, 0.3) is 0 Å². The van der Waals surface area contributed by atoms with E-state index < -0.39 is 33.7 Å². The minimum Gasteiger partial charge on any atom is -0.497 e. The summed E-state index contributed by atoms with van der Waals surface area (Å²) in [5.74, 6) is 0.518. The van der Waals surface area contributed by atoms with E-state index in [1.54, 1.807) is 12.1 Å². The van der Waals surface area contributed by atoms with Gasteiger partial charge in [-0.25, -0.2) is 13.2 Å². The van der Waals surface area contributed by atoms with Gasteiger partial charge >= 0.3 is 6.09 Å². The zero-order valence-corrected chi connectivity index (χ0v) is 25.5. The van der Waals surface area contributed by atoms with Crippen LogP contribution in [0.1, 0.15) is 51.5 Å². The van der Waals surface area contributed by atoms with Crippen LogP contribution in [0.5, 0.6) is 5.75 Å². The van der Waals surface area contributed by atoms with Crippen molar-refractivity contribution >= 4 is 16.1 Å². The molecule has 0 saturated carbocycles. The Bertz CT molecular complexity index is 1260. The Morgan fingerprint density at radius 2 is 1.88 bits per heavy atom. The molecule has 1 heterocycles. The van der Waals surface area contributed by atoms with Gasteiger partial charge in [-0.15, -0.1) is 0 Å². The van der Waals surface area contributed by atoms with Gasteiger partial charge in [0.2, 0.25) is 10.0 Å². The molecule has 230 valence electrons. The summed E-state index contributed by atoms with van der Waals surface area (Å²) in [7, 11) is -2.58. The summed E-state index contributed by atoms with van der Waals surface area (Å²) < 4.78 is 45.4. The Balaban J connectivity index is 1.93. The maximum absolute atomic E-state index is 14.1. The molecule has 3 atom stereocenters. The van der Waals surface area contributed by atoms with Crippen LogP contribution in [0.4, 0.5) is 4.79 Å². The molecule has 2 N–H and O–H groups in total. The largest absolute Gasteiger partial charge is 0.497 e. The highest BCUT2D eigenvalue weighted by Crippen LogP contribution is 2.35. The number of nitriles is 1. The van der Waals surface area contributed by atoms with E-state index in [1.165, 1.54) is 23.5 Å². The number of ether oxygens (including phenoxy) is 3. The molecular weight excluding hydrogens is 558 g/mol. The molecule has 0 radical (unpaired) electrons. The van der Waals surface area contributed by atoms with Crippen LogP contribution < -0.4 is 10.1 Å². The van der Waals surface area contributed by atoms with Crippen molar-refractivity contribution in [2.75, 3.05) is 33.4 Å². The quantitative estimate of drug-likeness (QED) is 0.291. The van der Waals surface area contributed by atoms with Gasteiger partial charge in [0, 0.05) is 25.9 Å². The van der Waals surface area contributed by atoms with Crippen LogP contribution in [0.2, 0.25) is 0 Å². The first-order chi connectivity index (χ1) is 20.2. The number of amides is 1. The Kier molecular flexibility index (Phi) is 12.6. The van der Waals surface area contributed by atoms with Gasteiger partial charge in [-0.3, -0.25) is 0 Å². The minimum atomic E-state index is -4.08. The fraction of sp³-hybridized carbons (Fsp3) is 0.548. The number of hydrogen-bond donors (Lipinski definition) is 2. The van der Waals surface area contributed by atoms with Crippen LogP contribution in [-0.4, -0.2) is 75.6 Å². The van der Waals surface area contributed by atoms with Crippen LogP contribution in [-0.2, 0) is 25.9 Å². The van der Waals surface area contributed by atoms with E-state index >= 15 is 0 Å². The van der Waals surface area contributed by atoms with Crippen molar-refractivity contribution in [2.45, 2.75) is 75.5 Å². The number of aliphatic hydroxyl groups is 1. The first-order valence-electron chi connectivity index (χ1n) is 14.4. The number of nitrogens with one attached hydrogen (secondary N) is 1. The number of hydrogen-bond acceptors (Lipinski definition) is 8. The lowest BCUT2D eigenvalue weighted by atomic mass is 9.78. The number of benzene rings is 2. The van der Waals surface area contributed by atoms with E-state index in [9.17, 15) is 23.6 Å².